The summed E-state index contributed by atoms with van der Waals surface area (Å²) in [6, 6.07) is 16.7. The molecular weight excluding hydrogens is 414 g/mol. The van der Waals surface area contributed by atoms with Crippen LogP contribution in [0.1, 0.15) is 35.2 Å². The van der Waals surface area contributed by atoms with Gasteiger partial charge in [0.2, 0.25) is 5.91 Å². The minimum Gasteiger partial charge on any atom is -0.355 e. The lowest BCUT2D eigenvalue weighted by molar-refractivity contribution is -0.120. The molecule has 2 heterocycles. The van der Waals surface area contributed by atoms with Gasteiger partial charge in [0, 0.05) is 29.4 Å². The molecule has 4 rings (SSSR count). The Morgan fingerprint density at radius 1 is 1.13 bits per heavy atom. The van der Waals surface area contributed by atoms with Gasteiger partial charge in [-0.05, 0) is 42.5 Å². The van der Waals surface area contributed by atoms with E-state index in [0.717, 1.165) is 21.9 Å². The number of carbonyl (C=O) groups excluding carboxylic acids is 1. The van der Waals surface area contributed by atoms with Crippen molar-refractivity contribution in [1.82, 2.24) is 14.7 Å². The van der Waals surface area contributed by atoms with Crippen LogP contribution >= 0.6 is 23.7 Å². The predicted octanol–water partition coefficient (Wildman–Crippen LogP) is 5.56. The van der Waals surface area contributed by atoms with Gasteiger partial charge in [-0.15, -0.1) is 23.7 Å². The minimum atomic E-state index is 0. The van der Waals surface area contributed by atoms with Crippen LogP contribution in [0.25, 0.3) is 16.2 Å². The number of rotatable bonds is 6. The number of hydrogen-bond acceptors (Lipinski definition) is 3. The Hall–Kier alpha value is -2.63. The maximum atomic E-state index is 12.5. The number of imidazole rings is 1. The van der Waals surface area contributed by atoms with Crippen LogP contribution < -0.4 is 5.32 Å². The van der Waals surface area contributed by atoms with E-state index in [2.05, 4.69) is 56.4 Å². The molecule has 1 unspecified atom stereocenters. The van der Waals surface area contributed by atoms with Crippen LogP contribution in [-0.4, -0.2) is 21.8 Å². The lowest BCUT2D eigenvalue weighted by Crippen LogP contribution is -2.29. The predicted molar refractivity (Wildman–Crippen MR) is 127 cm³/mol. The number of amides is 1. The number of carbonyl (C=O) groups is 1. The van der Waals surface area contributed by atoms with Gasteiger partial charge < -0.3 is 5.32 Å². The maximum absolute atomic E-state index is 12.5. The van der Waals surface area contributed by atoms with Gasteiger partial charge in [0.15, 0.2) is 4.96 Å². The third-order valence-electron chi connectivity index (χ3n) is 5.40. The number of benzene rings is 2. The number of hydrogen-bond donors (Lipinski definition) is 1. The highest BCUT2D eigenvalue weighted by Crippen LogP contribution is 2.25. The van der Waals surface area contributed by atoms with Gasteiger partial charge in [-0.1, -0.05) is 49.4 Å². The molecule has 0 spiro atoms. The molecule has 4 aromatic rings. The van der Waals surface area contributed by atoms with E-state index in [1.807, 2.05) is 34.2 Å². The first-order chi connectivity index (χ1) is 14.0. The van der Waals surface area contributed by atoms with Gasteiger partial charge in [-0.2, -0.15) is 0 Å². The zero-order valence-electron chi connectivity index (χ0n) is 17.4. The van der Waals surface area contributed by atoms with Crippen molar-refractivity contribution in [3.05, 3.63) is 82.5 Å². The van der Waals surface area contributed by atoms with Crippen LogP contribution in [0.3, 0.4) is 0 Å². The van der Waals surface area contributed by atoms with E-state index in [9.17, 15) is 4.79 Å². The third-order valence-corrected chi connectivity index (χ3v) is 6.29. The molecule has 1 atom stereocenters. The molecule has 0 saturated carbocycles. The number of thiazole rings is 1. The summed E-state index contributed by atoms with van der Waals surface area (Å²) >= 11 is 1.57. The molecule has 0 aliphatic carbocycles. The first kappa shape index (κ1) is 22.1. The number of aryl methyl sites for hydroxylation is 2. The summed E-state index contributed by atoms with van der Waals surface area (Å²) in [5.41, 5.74) is 6.79. The van der Waals surface area contributed by atoms with Crippen molar-refractivity contribution in [2.45, 2.75) is 33.1 Å². The van der Waals surface area contributed by atoms with Crippen molar-refractivity contribution in [2.24, 2.45) is 0 Å². The number of halogens is 1. The zero-order chi connectivity index (χ0) is 20.4. The van der Waals surface area contributed by atoms with Crippen LogP contribution in [0.15, 0.2) is 60.1 Å². The van der Waals surface area contributed by atoms with Gasteiger partial charge in [0.05, 0.1) is 12.1 Å². The van der Waals surface area contributed by atoms with Crippen molar-refractivity contribution < 1.29 is 4.79 Å². The van der Waals surface area contributed by atoms with Crippen LogP contribution in [0.2, 0.25) is 0 Å². The van der Waals surface area contributed by atoms with Crippen LogP contribution in [0.4, 0.5) is 0 Å². The Morgan fingerprint density at radius 2 is 1.90 bits per heavy atom. The molecule has 2 aromatic carbocycles. The average molecular weight is 440 g/mol. The van der Waals surface area contributed by atoms with Gasteiger partial charge in [-0.25, -0.2) is 4.98 Å². The molecule has 0 aliphatic rings. The summed E-state index contributed by atoms with van der Waals surface area (Å²) in [6.07, 6.45) is 2.38. The summed E-state index contributed by atoms with van der Waals surface area (Å²) in [5.74, 6) is 0.321. The Bertz CT molecular complexity index is 1150. The fourth-order valence-electron chi connectivity index (χ4n) is 3.39. The molecule has 0 radical (unpaired) electrons. The Labute approximate surface area is 187 Å². The van der Waals surface area contributed by atoms with E-state index >= 15 is 0 Å². The topological polar surface area (TPSA) is 46.4 Å². The lowest BCUT2D eigenvalue weighted by Gasteiger charge is -2.13. The molecular formula is C24H26ClN3OS. The van der Waals surface area contributed by atoms with E-state index in [4.69, 9.17) is 4.98 Å². The fourth-order valence-corrected chi connectivity index (χ4v) is 4.26. The second-order valence-electron chi connectivity index (χ2n) is 7.60. The maximum Gasteiger partial charge on any atom is 0.226 e. The summed E-state index contributed by atoms with van der Waals surface area (Å²) in [7, 11) is 0. The number of nitrogens with one attached hydrogen (secondary N) is 1. The van der Waals surface area contributed by atoms with E-state index < -0.39 is 0 Å². The van der Waals surface area contributed by atoms with Crippen molar-refractivity contribution in [2.75, 3.05) is 6.54 Å². The normalized spacial score (nSPS) is 11.8. The average Bonchev–Trinajstić information content (AvgIpc) is 3.31. The second-order valence-corrected chi connectivity index (χ2v) is 8.43. The highest BCUT2D eigenvalue weighted by molar-refractivity contribution is 7.15. The van der Waals surface area contributed by atoms with Crippen LogP contribution in [-0.2, 0) is 11.2 Å². The van der Waals surface area contributed by atoms with Crippen molar-refractivity contribution in [3.63, 3.8) is 0 Å². The van der Waals surface area contributed by atoms with E-state index in [0.29, 0.717) is 13.0 Å². The van der Waals surface area contributed by atoms with Crippen molar-refractivity contribution in [1.29, 1.82) is 0 Å². The summed E-state index contributed by atoms with van der Waals surface area (Å²) in [5, 5.41) is 5.09. The third kappa shape index (κ3) is 4.74. The molecule has 4 nitrogen and oxygen atoms in total. The first-order valence-corrected chi connectivity index (χ1v) is 10.7. The smallest absolute Gasteiger partial charge is 0.226 e. The first-order valence-electron chi connectivity index (χ1n) is 9.86. The van der Waals surface area contributed by atoms with Gasteiger partial charge in [0.25, 0.3) is 0 Å². The van der Waals surface area contributed by atoms with E-state index in [1.165, 1.54) is 16.7 Å². The highest BCUT2D eigenvalue weighted by atomic mass is 35.5. The number of aromatic nitrogens is 2. The lowest BCUT2D eigenvalue weighted by atomic mass is 10.0. The van der Waals surface area contributed by atoms with E-state index in [1.54, 1.807) is 11.3 Å². The largest absolute Gasteiger partial charge is 0.355 e. The molecule has 0 saturated heterocycles. The Kier molecular flexibility index (Phi) is 6.95. The van der Waals surface area contributed by atoms with E-state index in [-0.39, 0.29) is 24.2 Å². The molecule has 1 amide bonds. The molecule has 30 heavy (non-hydrogen) atoms. The van der Waals surface area contributed by atoms with Gasteiger partial charge in [0.1, 0.15) is 0 Å². The molecule has 0 aliphatic heterocycles. The quantitative estimate of drug-likeness (QED) is 0.427. The SMILES string of the molecule is Cc1ccc(-c2cn3c(CC(=O)NCC(C)c4ccccc4)csc3n2)cc1C.Cl. The second kappa shape index (κ2) is 9.45. The Balaban J connectivity index is 0.00000256. The number of fused-ring (bicyclic) bond motifs is 1. The van der Waals surface area contributed by atoms with Crippen LogP contribution in [0, 0.1) is 13.8 Å². The molecule has 6 heteroatoms. The van der Waals surface area contributed by atoms with Crippen LogP contribution in [0.5, 0.6) is 0 Å². The summed E-state index contributed by atoms with van der Waals surface area (Å²) in [4.78, 5) is 18.2. The molecule has 0 bridgehead atoms. The monoisotopic (exact) mass is 439 g/mol. The van der Waals surface area contributed by atoms with Crippen molar-refractivity contribution in [3.8, 4) is 11.3 Å². The molecule has 156 valence electrons. The minimum absolute atomic E-state index is 0. The number of nitrogens with zero attached hydrogens (tertiary/aromatic N) is 2. The van der Waals surface area contributed by atoms with Gasteiger partial charge >= 0.3 is 0 Å². The summed E-state index contributed by atoms with van der Waals surface area (Å²) < 4.78 is 2.04. The Morgan fingerprint density at radius 3 is 2.63 bits per heavy atom. The zero-order valence-corrected chi connectivity index (χ0v) is 19.0. The fraction of sp³-hybridized carbons (Fsp3) is 0.250. The molecule has 1 N–H and O–H groups in total. The summed E-state index contributed by atoms with van der Waals surface area (Å²) in [6.45, 7) is 6.99. The van der Waals surface area contributed by atoms with Crippen molar-refractivity contribution >= 4 is 34.6 Å². The highest BCUT2D eigenvalue weighted by Gasteiger charge is 2.14. The molecule has 0 fully saturated rings. The van der Waals surface area contributed by atoms with Gasteiger partial charge in [-0.3, -0.25) is 9.20 Å². The standard InChI is InChI=1S/C24H25N3OS.ClH/c1-16-9-10-20(11-17(16)2)22-14-27-21(15-29-24(27)26-22)12-23(28)25-13-18(3)19-7-5-4-6-8-19;/h4-11,14-15,18H,12-13H2,1-3H3,(H,25,28);1H. The molecule has 2 aromatic heterocycles.